The molecule has 0 bridgehead atoms. The van der Waals surface area contributed by atoms with Crippen LogP contribution in [0.2, 0.25) is 0 Å². The monoisotopic (exact) mass is 571 g/mol. The number of rotatable bonds is 2. The average Bonchev–Trinajstić information content (AvgIpc) is 3.38. The Morgan fingerprint density at radius 1 is 0.422 bits per heavy atom. The third-order valence-corrected chi connectivity index (χ3v) is 9.33. The van der Waals surface area contributed by atoms with Gasteiger partial charge in [-0.15, -0.1) is 0 Å². The average molecular weight is 572 g/mol. The summed E-state index contributed by atoms with van der Waals surface area (Å²) >= 11 is 0. The fourth-order valence-electron chi connectivity index (χ4n) is 7.44. The maximum absolute atomic E-state index is 5.40. The number of benzene rings is 7. The van der Waals surface area contributed by atoms with Crippen molar-refractivity contribution in [2.75, 3.05) is 0 Å². The lowest BCUT2D eigenvalue weighted by molar-refractivity contribution is 1.08. The van der Waals surface area contributed by atoms with E-state index in [-0.39, 0.29) is 0 Å². The number of hydrogen-bond donors (Lipinski definition) is 0. The summed E-state index contributed by atoms with van der Waals surface area (Å²) < 4.78 is 2.37. The number of aromatic nitrogens is 3. The van der Waals surface area contributed by atoms with Gasteiger partial charge in [0.15, 0.2) is 5.82 Å². The molecule has 0 spiro atoms. The van der Waals surface area contributed by atoms with Crippen LogP contribution in [0.3, 0.4) is 0 Å². The van der Waals surface area contributed by atoms with E-state index in [1.807, 2.05) is 24.3 Å². The van der Waals surface area contributed by atoms with Crippen LogP contribution < -0.4 is 0 Å². The maximum Gasteiger partial charge on any atom is 0.165 e. The molecule has 0 unspecified atom stereocenters. The Morgan fingerprint density at radius 3 is 1.89 bits per heavy atom. The first-order valence-corrected chi connectivity index (χ1v) is 15.4. The van der Waals surface area contributed by atoms with Gasteiger partial charge in [-0.3, -0.25) is 4.57 Å². The molecule has 3 heteroatoms. The van der Waals surface area contributed by atoms with Crippen molar-refractivity contribution in [3.8, 4) is 50.5 Å². The van der Waals surface area contributed by atoms with E-state index in [0.29, 0.717) is 0 Å². The van der Waals surface area contributed by atoms with Gasteiger partial charge in [-0.1, -0.05) is 133 Å². The van der Waals surface area contributed by atoms with Crippen LogP contribution in [0.4, 0.5) is 0 Å². The van der Waals surface area contributed by atoms with Crippen molar-refractivity contribution < 1.29 is 0 Å². The molecular formula is C42H25N3. The van der Waals surface area contributed by atoms with Crippen molar-refractivity contribution in [3.05, 3.63) is 152 Å². The molecule has 1 aliphatic carbocycles. The molecule has 45 heavy (non-hydrogen) atoms. The molecule has 208 valence electrons. The molecule has 0 fully saturated rings. The van der Waals surface area contributed by atoms with Gasteiger partial charge in [-0.2, -0.15) is 0 Å². The zero-order chi connectivity index (χ0) is 29.5. The molecule has 10 rings (SSSR count). The minimum absolute atomic E-state index is 0.831. The molecule has 1 aliphatic rings. The summed E-state index contributed by atoms with van der Waals surface area (Å²) in [6.07, 6.45) is 0. The number of para-hydroxylation sites is 3. The summed E-state index contributed by atoms with van der Waals surface area (Å²) in [6, 6.07) is 54.2. The highest BCUT2D eigenvalue weighted by Gasteiger charge is 2.27. The quantitative estimate of drug-likeness (QED) is 0.207. The van der Waals surface area contributed by atoms with Gasteiger partial charge in [0.25, 0.3) is 0 Å². The SMILES string of the molecule is c1ccc(-c2nc3ccccc3nc2-n2c3ccccc3c3ccc4c(c32)-c2ccccc2-c2cccc3cccc-4c23)cc1. The Labute approximate surface area is 259 Å². The number of nitrogens with zero attached hydrogens (tertiary/aromatic N) is 3. The van der Waals surface area contributed by atoms with Crippen molar-refractivity contribution in [1.82, 2.24) is 14.5 Å². The van der Waals surface area contributed by atoms with E-state index in [1.54, 1.807) is 0 Å². The summed E-state index contributed by atoms with van der Waals surface area (Å²) in [5.41, 5.74) is 13.3. The van der Waals surface area contributed by atoms with Gasteiger partial charge in [0.1, 0.15) is 5.69 Å². The maximum atomic E-state index is 5.40. The Balaban J connectivity index is 1.45. The normalized spacial score (nSPS) is 12.0. The molecule has 0 saturated heterocycles. The van der Waals surface area contributed by atoms with Crippen molar-refractivity contribution in [2.45, 2.75) is 0 Å². The minimum atomic E-state index is 0.831. The molecule has 9 aromatic rings. The van der Waals surface area contributed by atoms with Crippen molar-refractivity contribution >= 4 is 43.6 Å². The first-order valence-electron chi connectivity index (χ1n) is 15.4. The second-order valence-electron chi connectivity index (χ2n) is 11.7. The highest BCUT2D eigenvalue weighted by atomic mass is 15.1. The molecule has 0 N–H and O–H groups in total. The van der Waals surface area contributed by atoms with Gasteiger partial charge in [0.2, 0.25) is 0 Å². The van der Waals surface area contributed by atoms with Crippen LogP contribution in [0.5, 0.6) is 0 Å². The smallest absolute Gasteiger partial charge is 0.165 e. The van der Waals surface area contributed by atoms with Crippen LogP contribution in [0, 0.1) is 0 Å². The zero-order valence-electron chi connectivity index (χ0n) is 24.3. The molecule has 2 aromatic heterocycles. The Hall–Kier alpha value is -6.06. The van der Waals surface area contributed by atoms with Crippen LogP contribution in [0.25, 0.3) is 94.1 Å². The Morgan fingerprint density at radius 2 is 1.07 bits per heavy atom. The van der Waals surface area contributed by atoms with Crippen molar-refractivity contribution in [2.24, 2.45) is 0 Å². The van der Waals surface area contributed by atoms with Crippen molar-refractivity contribution in [1.29, 1.82) is 0 Å². The first kappa shape index (κ1) is 24.4. The summed E-state index contributed by atoms with van der Waals surface area (Å²) in [7, 11) is 0. The lowest BCUT2D eigenvalue weighted by Gasteiger charge is -2.18. The summed E-state index contributed by atoms with van der Waals surface area (Å²) in [5.74, 6) is 0.831. The van der Waals surface area contributed by atoms with E-state index in [4.69, 9.17) is 9.97 Å². The standard InChI is InChI=1S/C42H25N3/c1-2-12-27(13-3-1)40-42(44-36-22-8-7-21-35(36)43-40)45-37-23-9-6-17-29(37)34-25-24-33-32-20-11-15-26-14-10-19-30(38(26)32)28-16-4-5-18-31(28)39(33)41(34)45/h1-25H. The number of hydrogen-bond acceptors (Lipinski definition) is 2. The van der Waals surface area contributed by atoms with Crippen LogP contribution in [-0.2, 0) is 0 Å². The predicted octanol–water partition coefficient (Wildman–Crippen LogP) is 10.9. The largest absolute Gasteiger partial charge is 0.291 e. The fourth-order valence-corrected chi connectivity index (χ4v) is 7.44. The zero-order valence-corrected chi connectivity index (χ0v) is 24.3. The second-order valence-corrected chi connectivity index (χ2v) is 11.7. The van der Waals surface area contributed by atoms with Gasteiger partial charge in [0, 0.05) is 21.9 Å². The van der Waals surface area contributed by atoms with E-state index >= 15 is 0 Å². The molecule has 0 aliphatic heterocycles. The topological polar surface area (TPSA) is 30.7 Å². The number of fused-ring (bicyclic) bond motifs is 10. The van der Waals surface area contributed by atoms with Crippen LogP contribution in [-0.4, -0.2) is 14.5 Å². The third-order valence-electron chi connectivity index (χ3n) is 9.33. The molecule has 3 nitrogen and oxygen atoms in total. The Kier molecular flexibility index (Phi) is 5.00. The van der Waals surface area contributed by atoms with E-state index in [1.165, 1.54) is 54.9 Å². The molecule has 0 radical (unpaired) electrons. The second kappa shape index (κ2) is 9.22. The summed E-state index contributed by atoms with van der Waals surface area (Å²) in [6.45, 7) is 0. The summed E-state index contributed by atoms with van der Waals surface area (Å²) in [5, 5.41) is 4.94. The van der Waals surface area contributed by atoms with E-state index in [2.05, 4.69) is 132 Å². The van der Waals surface area contributed by atoms with Gasteiger partial charge in [0.05, 0.1) is 22.1 Å². The van der Waals surface area contributed by atoms with E-state index < -0.39 is 0 Å². The lowest BCUT2D eigenvalue weighted by Crippen LogP contribution is -2.04. The molecule has 2 heterocycles. The highest BCUT2D eigenvalue weighted by Crippen LogP contribution is 2.51. The molecule has 7 aromatic carbocycles. The van der Waals surface area contributed by atoms with Crippen molar-refractivity contribution in [3.63, 3.8) is 0 Å². The van der Waals surface area contributed by atoms with Gasteiger partial charge >= 0.3 is 0 Å². The van der Waals surface area contributed by atoms with E-state index in [9.17, 15) is 0 Å². The van der Waals surface area contributed by atoms with Gasteiger partial charge in [-0.05, 0) is 56.8 Å². The predicted molar refractivity (Wildman–Crippen MR) is 187 cm³/mol. The molecule has 0 atom stereocenters. The van der Waals surface area contributed by atoms with Crippen LogP contribution >= 0.6 is 0 Å². The first-order chi connectivity index (χ1) is 22.3. The lowest BCUT2D eigenvalue weighted by atomic mass is 9.91. The summed E-state index contributed by atoms with van der Waals surface area (Å²) in [4.78, 5) is 10.7. The van der Waals surface area contributed by atoms with Gasteiger partial charge in [-0.25, -0.2) is 9.97 Å². The molecular weight excluding hydrogens is 546 g/mol. The highest BCUT2D eigenvalue weighted by molar-refractivity contribution is 6.22. The minimum Gasteiger partial charge on any atom is -0.291 e. The van der Waals surface area contributed by atoms with E-state index in [0.717, 1.165) is 39.1 Å². The molecule has 0 amide bonds. The van der Waals surface area contributed by atoms with Crippen LogP contribution in [0.15, 0.2) is 152 Å². The molecule has 0 saturated carbocycles. The van der Waals surface area contributed by atoms with Gasteiger partial charge < -0.3 is 0 Å². The fraction of sp³-hybridized carbons (Fsp3) is 0. The third kappa shape index (κ3) is 3.41. The Bertz CT molecular complexity index is 2640. The van der Waals surface area contributed by atoms with Crippen LogP contribution in [0.1, 0.15) is 0 Å².